The van der Waals surface area contributed by atoms with Crippen molar-refractivity contribution in [3.8, 4) is 0 Å². The molecule has 0 saturated heterocycles. The predicted molar refractivity (Wildman–Crippen MR) is 82.7 cm³/mol. The summed E-state index contributed by atoms with van der Waals surface area (Å²) in [5.74, 6) is -2.18. The lowest BCUT2D eigenvalue weighted by Gasteiger charge is -2.12. The normalized spacial score (nSPS) is 11.8. The van der Waals surface area contributed by atoms with Gasteiger partial charge in [-0.25, -0.2) is 9.18 Å². The molecule has 6 nitrogen and oxygen atoms in total. The number of nitrogens with one attached hydrogen (secondary N) is 2. The number of carbonyl (C=O) groups is 3. The molecular formula is C16H19FN2O4. The summed E-state index contributed by atoms with van der Waals surface area (Å²) in [7, 11) is 0. The number of esters is 1. The van der Waals surface area contributed by atoms with E-state index >= 15 is 0 Å². The Morgan fingerprint density at radius 2 is 2.00 bits per heavy atom. The molecule has 23 heavy (non-hydrogen) atoms. The summed E-state index contributed by atoms with van der Waals surface area (Å²) in [5.41, 5.74) is 0.235. The molecule has 1 aromatic carbocycles. The molecule has 0 aromatic heterocycles. The SMILES string of the molecule is CCNC(=O)[C@H](C)NC(=O)COC(=O)/C=C/c1ccccc1F. The topological polar surface area (TPSA) is 84.5 Å². The molecule has 0 aliphatic heterocycles. The summed E-state index contributed by atoms with van der Waals surface area (Å²) in [5, 5.41) is 4.94. The second kappa shape index (κ2) is 9.34. The first-order valence-corrected chi connectivity index (χ1v) is 7.10. The average molecular weight is 322 g/mol. The van der Waals surface area contributed by atoms with Crippen molar-refractivity contribution in [3.05, 3.63) is 41.7 Å². The van der Waals surface area contributed by atoms with Crippen LogP contribution in [0.15, 0.2) is 30.3 Å². The highest BCUT2D eigenvalue weighted by atomic mass is 19.1. The average Bonchev–Trinajstić information content (AvgIpc) is 2.52. The molecule has 2 amide bonds. The zero-order valence-electron chi connectivity index (χ0n) is 13.0. The van der Waals surface area contributed by atoms with Crippen molar-refractivity contribution >= 4 is 23.9 Å². The van der Waals surface area contributed by atoms with Gasteiger partial charge in [-0.15, -0.1) is 0 Å². The number of likely N-dealkylation sites (N-methyl/N-ethyl adjacent to an activating group) is 1. The van der Waals surface area contributed by atoms with Gasteiger partial charge < -0.3 is 15.4 Å². The third kappa shape index (κ3) is 6.73. The lowest BCUT2D eigenvalue weighted by Crippen LogP contribution is -2.46. The predicted octanol–water partition coefficient (Wildman–Crippen LogP) is 1.02. The van der Waals surface area contributed by atoms with Gasteiger partial charge in [-0.3, -0.25) is 9.59 Å². The van der Waals surface area contributed by atoms with Crippen molar-refractivity contribution in [2.45, 2.75) is 19.9 Å². The van der Waals surface area contributed by atoms with Gasteiger partial charge in [0.2, 0.25) is 5.91 Å². The van der Waals surface area contributed by atoms with E-state index in [0.717, 1.165) is 6.08 Å². The second-order valence-electron chi connectivity index (χ2n) is 4.65. The Balaban J connectivity index is 2.40. The maximum absolute atomic E-state index is 13.3. The highest BCUT2D eigenvalue weighted by Gasteiger charge is 2.15. The maximum atomic E-state index is 13.3. The summed E-state index contributed by atoms with van der Waals surface area (Å²) >= 11 is 0. The molecule has 124 valence electrons. The van der Waals surface area contributed by atoms with Gasteiger partial charge >= 0.3 is 5.97 Å². The quantitative estimate of drug-likeness (QED) is 0.580. The molecular weight excluding hydrogens is 303 g/mol. The first kappa shape index (κ1) is 18.3. The summed E-state index contributed by atoms with van der Waals surface area (Å²) in [4.78, 5) is 34.4. The van der Waals surface area contributed by atoms with Crippen LogP contribution in [-0.2, 0) is 19.1 Å². The fourth-order valence-electron chi connectivity index (χ4n) is 1.63. The Labute approximate surface area is 133 Å². The molecule has 0 saturated carbocycles. The molecule has 2 N–H and O–H groups in total. The van der Waals surface area contributed by atoms with Gasteiger partial charge in [0.05, 0.1) is 0 Å². The molecule has 0 unspecified atom stereocenters. The van der Waals surface area contributed by atoms with Crippen LogP contribution in [-0.4, -0.2) is 37.0 Å². The van der Waals surface area contributed by atoms with E-state index in [9.17, 15) is 18.8 Å². The summed E-state index contributed by atoms with van der Waals surface area (Å²) < 4.78 is 18.0. The number of carbonyl (C=O) groups excluding carboxylic acids is 3. The van der Waals surface area contributed by atoms with E-state index in [0.29, 0.717) is 6.54 Å². The number of hydrogen-bond donors (Lipinski definition) is 2. The third-order valence-electron chi connectivity index (χ3n) is 2.77. The van der Waals surface area contributed by atoms with E-state index in [1.54, 1.807) is 13.0 Å². The molecule has 7 heteroatoms. The van der Waals surface area contributed by atoms with E-state index in [4.69, 9.17) is 4.74 Å². The van der Waals surface area contributed by atoms with E-state index in [-0.39, 0.29) is 11.5 Å². The molecule has 0 aliphatic carbocycles. The zero-order chi connectivity index (χ0) is 17.2. The third-order valence-corrected chi connectivity index (χ3v) is 2.77. The zero-order valence-corrected chi connectivity index (χ0v) is 13.0. The Bertz CT molecular complexity index is 601. The van der Waals surface area contributed by atoms with Crippen molar-refractivity contribution in [2.75, 3.05) is 13.2 Å². The Morgan fingerprint density at radius 3 is 2.65 bits per heavy atom. The summed E-state index contributed by atoms with van der Waals surface area (Å²) in [6.07, 6.45) is 2.28. The lowest BCUT2D eigenvalue weighted by atomic mass is 10.2. The van der Waals surface area contributed by atoms with Crippen molar-refractivity contribution in [1.82, 2.24) is 10.6 Å². The van der Waals surface area contributed by atoms with Crippen LogP contribution in [0.1, 0.15) is 19.4 Å². The minimum atomic E-state index is -0.783. The van der Waals surface area contributed by atoms with Crippen molar-refractivity contribution in [1.29, 1.82) is 0 Å². The number of benzene rings is 1. The molecule has 0 heterocycles. The monoisotopic (exact) mass is 322 g/mol. The largest absolute Gasteiger partial charge is 0.452 e. The van der Waals surface area contributed by atoms with Crippen LogP contribution < -0.4 is 10.6 Å². The number of rotatable bonds is 7. The Hall–Kier alpha value is -2.70. The van der Waals surface area contributed by atoms with Gasteiger partial charge in [-0.2, -0.15) is 0 Å². The van der Waals surface area contributed by atoms with Crippen LogP contribution in [0.2, 0.25) is 0 Å². The van der Waals surface area contributed by atoms with Crippen molar-refractivity contribution in [3.63, 3.8) is 0 Å². The van der Waals surface area contributed by atoms with E-state index in [1.165, 1.54) is 31.2 Å². The Kier molecular flexibility index (Phi) is 7.45. The lowest BCUT2D eigenvalue weighted by molar-refractivity contribution is -0.144. The van der Waals surface area contributed by atoms with Crippen LogP contribution in [0.5, 0.6) is 0 Å². The Morgan fingerprint density at radius 1 is 1.30 bits per heavy atom. The van der Waals surface area contributed by atoms with Crippen LogP contribution in [0.4, 0.5) is 4.39 Å². The molecule has 0 fully saturated rings. The number of ether oxygens (including phenoxy) is 1. The first-order chi connectivity index (χ1) is 10.9. The van der Waals surface area contributed by atoms with Crippen molar-refractivity contribution in [2.24, 2.45) is 0 Å². The van der Waals surface area contributed by atoms with Gasteiger partial charge in [-0.05, 0) is 26.0 Å². The summed E-state index contributed by atoms with van der Waals surface area (Å²) in [6.45, 7) is 3.21. The highest BCUT2D eigenvalue weighted by Crippen LogP contribution is 2.08. The standard InChI is InChI=1S/C16H19FN2O4/c1-3-18-16(22)11(2)19-14(20)10-23-15(21)9-8-12-6-4-5-7-13(12)17/h4-9,11H,3,10H2,1-2H3,(H,18,22)(H,19,20)/b9-8+/t11-/m0/s1. The van der Waals surface area contributed by atoms with Gasteiger partial charge in [0.25, 0.3) is 5.91 Å². The maximum Gasteiger partial charge on any atom is 0.331 e. The second-order valence-corrected chi connectivity index (χ2v) is 4.65. The molecule has 0 radical (unpaired) electrons. The van der Waals surface area contributed by atoms with Gasteiger partial charge in [-0.1, -0.05) is 18.2 Å². The van der Waals surface area contributed by atoms with E-state index < -0.39 is 30.3 Å². The minimum absolute atomic E-state index is 0.235. The van der Waals surface area contributed by atoms with Crippen LogP contribution in [0, 0.1) is 5.82 Å². The fraction of sp³-hybridized carbons (Fsp3) is 0.312. The van der Waals surface area contributed by atoms with Crippen LogP contribution in [0.25, 0.3) is 6.08 Å². The molecule has 1 atom stereocenters. The van der Waals surface area contributed by atoms with Gasteiger partial charge in [0.15, 0.2) is 6.61 Å². The number of hydrogen-bond acceptors (Lipinski definition) is 4. The van der Waals surface area contributed by atoms with Crippen LogP contribution in [0.3, 0.4) is 0 Å². The smallest absolute Gasteiger partial charge is 0.331 e. The number of amides is 2. The fourth-order valence-corrected chi connectivity index (χ4v) is 1.63. The van der Waals surface area contributed by atoms with Gasteiger partial charge in [0, 0.05) is 18.2 Å². The van der Waals surface area contributed by atoms with E-state index in [2.05, 4.69) is 10.6 Å². The molecule has 0 aliphatic rings. The highest BCUT2D eigenvalue weighted by molar-refractivity contribution is 5.91. The molecule has 0 bridgehead atoms. The molecule has 0 spiro atoms. The molecule has 1 aromatic rings. The summed E-state index contributed by atoms with van der Waals surface area (Å²) in [6, 6.07) is 5.20. The first-order valence-electron chi connectivity index (χ1n) is 7.10. The number of halogens is 1. The van der Waals surface area contributed by atoms with Gasteiger partial charge in [0.1, 0.15) is 11.9 Å². The molecule has 1 rings (SSSR count). The van der Waals surface area contributed by atoms with Crippen LogP contribution >= 0.6 is 0 Å². The van der Waals surface area contributed by atoms with Crippen molar-refractivity contribution < 1.29 is 23.5 Å². The van der Waals surface area contributed by atoms with E-state index in [1.807, 2.05) is 0 Å². The minimum Gasteiger partial charge on any atom is -0.452 e.